The molecule has 0 spiro atoms. The Morgan fingerprint density at radius 2 is 2.31 bits per heavy atom. The van der Waals surface area contributed by atoms with Crippen molar-refractivity contribution in [2.45, 2.75) is 20.3 Å². The van der Waals surface area contributed by atoms with Crippen LogP contribution in [-0.2, 0) is 6.42 Å². The summed E-state index contributed by atoms with van der Waals surface area (Å²) < 4.78 is 0. The minimum atomic E-state index is 0.844. The van der Waals surface area contributed by atoms with Gasteiger partial charge in [0, 0.05) is 17.9 Å². The quantitative estimate of drug-likeness (QED) is 0.659. The van der Waals surface area contributed by atoms with Crippen molar-refractivity contribution >= 4 is 17.3 Å². The van der Waals surface area contributed by atoms with Gasteiger partial charge in [0.05, 0.1) is 6.54 Å². The van der Waals surface area contributed by atoms with Gasteiger partial charge in [-0.1, -0.05) is 6.92 Å². The third-order valence-corrected chi connectivity index (χ3v) is 2.79. The maximum atomic E-state index is 6.00. The van der Waals surface area contributed by atoms with Crippen molar-refractivity contribution in [1.29, 1.82) is 0 Å². The Morgan fingerprint density at radius 3 is 2.94 bits per heavy atom. The van der Waals surface area contributed by atoms with E-state index >= 15 is 0 Å². The first-order valence-corrected chi connectivity index (χ1v) is 5.65. The molecule has 0 bridgehead atoms. The molecule has 0 atom stereocenters. The topological polar surface area (TPSA) is 62.4 Å². The summed E-state index contributed by atoms with van der Waals surface area (Å²) >= 11 is 0. The molecule has 0 unspecified atom stereocenters. The van der Waals surface area contributed by atoms with E-state index in [4.69, 9.17) is 5.73 Å². The Bertz CT molecular complexity index is 423. The van der Waals surface area contributed by atoms with Crippen molar-refractivity contribution in [1.82, 2.24) is 5.32 Å². The van der Waals surface area contributed by atoms with Crippen LogP contribution in [0.4, 0.5) is 11.4 Å². The largest absolute Gasteiger partial charge is 0.398 e. The molecule has 0 saturated carbocycles. The van der Waals surface area contributed by atoms with Crippen LogP contribution in [0.3, 0.4) is 0 Å². The van der Waals surface area contributed by atoms with Gasteiger partial charge >= 0.3 is 0 Å². The fraction of sp³-hybridized carbons (Fsp3) is 0.417. The number of rotatable bonds is 2. The highest BCUT2D eigenvalue weighted by atomic mass is 15.2. The second-order valence-electron chi connectivity index (χ2n) is 4.00. The molecule has 0 aliphatic carbocycles. The first-order valence-electron chi connectivity index (χ1n) is 5.65. The van der Waals surface area contributed by atoms with E-state index in [9.17, 15) is 0 Å². The third kappa shape index (κ3) is 2.10. The molecule has 1 aliphatic heterocycles. The van der Waals surface area contributed by atoms with Gasteiger partial charge in [0.25, 0.3) is 0 Å². The Morgan fingerprint density at radius 1 is 1.50 bits per heavy atom. The van der Waals surface area contributed by atoms with Crippen molar-refractivity contribution in [2.24, 2.45) is 4.99 Å². The summed E-state index contributed by atoms with van der Waals surface area (Å²) in [4.78, 5) is 4.30. The third-order valence-electron chi connectivity index (χ3n) is 2.79. The molecule has 4 nitrogen and oxygen atoms in total. The first kappa shape index (κ1) is 10.8. The molecule has 0 saturated heterocycles. The number of nitrogens with zero attached hydrogens (tertiary/aromatic N) is 1. The molecular formula is C12H18N4. The molecule has 1 aromatic carbocycles. The number of hydrogen-bond donors (Lipinski definition) is 3. The van der Waals surface area contributed by atoms with Gasteiger partial charge in [0.15, 0.2) is 5.96 Å². The van der Waals surface area contributed by atoms with Crippen molar-refractivity contribution in [3.05, 3.63) is 23.3 Å². The number of anilines is 2. The van der Waals surface area contributed by atoms with Gasteiger partial charge in [-0.05, 0) is 36.6 Å². The maximum Gasteiger partial charge on any atom is 0.195 e. The van der Waals surface area contributed by atoms with E-state index < -0.39 is 0 Å². The molecule has 0 aromatic heterocycles. The summed E-state index contributed by atoms with van der Waals surface area (Å²) in [6.07, 6.45) is 0.947. The van der Waals surface area contributed by atoms with Gasteiger partial charge in [-0.25, -0.2) is 0 Å². The van der Waals surface area contributed by atoms with Gasteiger partial charge in [0.1, 0.15) is 0 Å². The van der Waals surface area contributed by atoms with E-state index in [1.807, 2.05) is 6.92 Å². The minimum Gasteiger partial charge on any atom is -0.398 e. The summed E-state index contributed by atoms with van der Waals surface area (Å²) in [5.74, 6) is 0.853. The predicted molar refractivity (Wildman–Crippen MR) is 68.9 cm³/mol. The van der Waals surface area contributed by atoms with Gasteiger partial charge < -0.3 is 16.4 Å². The molecule has 16 heavy (non-hydrogen) atoms. The predicted octanol–water partition coefficient (Wildman–Crippen LogP) is 1.51. The summed E-state index contributed by atoms with van der Waals surface area (Å²) in [7, 11) is 0. The number of benzene rings is 1. The molecule has 1 aromatic rings. The minimum absolute atomic E-state index is 0.844. The van der Waals surface area contributed by atoms with Gasteiger partial charge in [-0.2, -0.15) is 0 Å². The summed E-state index contributed by atoms with van der Waals surface area (Å²) in [6, 6.07) is 4.14. The lowest BCUT2D eigenvalue weighted by molar-refractivity contribution is 0.959. The average molecular weight is 218 g/mol. The lowest BCUT2D eigenvalue weighted by Crippen LogP contribution is -2.26. The molecule has 1 aliphatic rings. The Labute approximate surface area is 96.0 Å². The molecule has 0 fully saturated rings. The number of aliphatic imine (C=N–C) groups is 1. The highest BCUT2D eigenvalue weighted by Gasteiger charge is 2.07. The number of aryl methyl sites for hydroxylation is 2. The van der Waals surface area contributed by atoms with E-state index in [2.05, 4.69) is 34.7 Å². The van der Waals surface area contributed by atoms with Crippen molar-refractivity contribution in [3.8, 4) is 0 Å². The second-order valence-corrected chi connectivity index (χ2v) is 4.00. The number of nitrogens with one attached hydrogen (secondary N) is 2. The zero-order valence-corrected chi connectivity index (χ0v) is 9.80. The Hall–Kier alpha value is -1.71. The van der Waals surface area contributed by atoms with E-state index in [0.29, 0.717) is 0 Å². The fourth-order valence-electron chi connectivity index (χ4n) is 1.85. The van der Waals surface area contributed by atoms with E-state index in [-0.39, 0.29) is 0 Å². The van der Waals surface area contributed by atoms with Crippen LogP contribution in [0, 0.1) is 6.92 Å². The highest BCUT2D eigenvalue weighted by molar-refractivity contribution is 5.95. The summed E-state index contributed by atoms with van der Waals surface area (Å²) in [6.45, 7) is 5.90. The number of hydrogen-bond acceptors (Lipinski definition) is 4. The zero-order chi connectivity index (χ0) is 11.5. The van der Waals surface area contributed by atoms with Crippen LogP contribution in [0.25, 0.3) is 0 Å². The molecule has 1 heterocycles. The summed E-state index contributed by atoms with van der Waals surface area (Å²) in [5.41, 5.74) is 10.2. The monoisotopic (exact) mass is 218 g/mol. The molecule has 0 amide bonds. The second kappa shape index (κ2) is 4.43. The van der Waals surface area contributed by atoms with Crippen molar-refractivity contribution < 1.29 is 0 Å². The summed E-state index contributed by atoms with van der Waals surface area (Å²) in [5, 5.41) is 6.45. The lowest BCUT2D eigenvalue weighted by atomic mass is 10.1. The number of nitrogen functional groups attached to an aromatic ring is 1. The van der Waals surface area contributed by atoms with Gasteiger partial charge in [0.2, 0.25) is 0 Å². The molecule has 0 radical (unpaired) electrons. The van der Waals surface area contributed by atoms with Crippen LogP contribution in [-0.4, -0.2) is 19.0 Å². The molecule has 4 heteroatoms. The average Bonchev–Trinajstić information content (AvgIpc) is 2.76. The van der Waals surface area contributed by atoms with Crippen LogP contribution in [0.5, 0.6) is 0 Å². The molecular weight excluding hydrogens is 200 g/mol. The van der Waals surface area contributed by atoms with Gasteiger partial charge in [-0.15, -0.1) is 0 Å². The number of guanidine groups is 1. The Kier molecular flexibility index (Phi) is 2.99. The van der Waals surface area contributed by atoms with Crippen LogP contribution in [0.15, 0.2) is 17.1 Å². The standard InChI is InChI=1S/C12H18N4/c1-3-9-7-10(6-8(2)11(9)13)16-12-14-4-5-15-12/h6-7H,3-5,13H2,1-2H3,(H2,14,15,16). The highest BCUT2D eigenvalue weighted by Crippen LogP contribution is 2.23. The van der Waals surface area contributed by atoms with Crippen molar-refractivity contribution in [3.63, 3.8) is 0 Å². The van der Waals surface area contributed by atoms with Gasteiger partial charge in [-0.3, -0.25) is 4.99 Å². The van der Waals surface area contributed by atoms with E-state index in [1.54, 1.807) is 0 Å². The lowest BCUT2D eigenvalue weighted by Gasteiger charge is -2.12. The van der Waals surface area contributed by atoms with Crippen molar-refractivity contribution in [2.75, 3.05) is 24.1 Å². The Balaban J connectivity index is 2.24. The SMILES string of the molecule is CCc1cc(NC2=NCCN2)cc(C)c1N. The fourth-order valence-corrected chi connectivity index (χ4v) is 1.85. The maximum absolute atomic E-state index is 6.00. The zero-order valence-electron chi connectivity index (χ0n) is 9.80. The molecule has 2 rings (SSSR count). The van der Waals surface area contributed by atoms with Crippen LogP contribution in [0.2, 0.25) is 0 Å². The van der Waals surface area contributed by atoms with Crippen LogP contribution in [0.1, 0.15) is 18.1 Å². The number of nitrogens with two attached hydrogens (primary N) is 1. The first-order chi connectivity index (χ1) is 7.70. The molecule has 4 N–H and O–H groups in total. The van der Waals surface area contributed by atoms with E-state index in [0.717, 1.165) is 42.4 Å². The van der Waals surface area contributed by atoms with Crippen LogP contribution < -0.4 is 16.4 Å². The molecule has 86 valence electrons. The smallest absolute Gasteiger partial charge is 0.195 e. The normalized spacial score (nSPS) is 14.5. The van der Waals surface area contributed by atoms with E-state index in [1.165, 1.54) is 5.56 Å². The van der Waals surface area contributed by atoms with Crippen LogP contribution >= 0.6 is 0 Å².